The number of nitrogens with one attached hydrogen (secondary N) is 1. The SMILES string of the molecule is Cc1cccc(C(NS(=O)(=O)c2ccnn2C)C(F)(F)F)c1. The fourth-order valence-electron chi connectivity index (χ4n) is 2.01. The van der Waals surface area contributed by atoms with Gasteiger partial charge in [-0.25, -0.2) is 8.42 Å². The lowest BCUT2D eigenvalue weighted by Crippen LogP contribution is -2.38. The zero-order valence-corrected chi connectivity index (χ0v) is 12.6. The van der Waals surface area contributed by atoms with Crippen LogP contribution in [0.2, 0.25) is 0 Å². The molecule has 0 fully saturated rings. The van der Waals surface area contributed by atoms with E-state index in [-0.39, 0.29) is 10.6 Å². The first kappa shape index (κ1) is 16.5. The minimum atomic E-state index is -4.76. The fourth-order valence-corrected chi connectivity index (χ4v) is 3.35. The third-order valence-electron chi connectivity index (χ3n) is 3.03. The molecule has 2 rings (SSSR count). The molecule has 5 nitrogen and oxygen atoms in total. The molecular formula is C13H14F3N3O2S. The number of aromatic nitrogens is 2. The van der Waals surface area contributed by atoms with Crippen LogP contribution in [0, 0.1) is 6.92 Å². The van der Waals surface area contributed by atoms with Crippen LogP contribution in [-0.4, -0.2) is 24.4 Å². The first-order chi connectivity index (χ1) is 10.1. The molecule has 1 atom stereocenters. The van der Waals surface area contributed by atoms with Crippen molar-refractivity contribution in [3.8, 4) is 0 Å². The number of sulfonamides is 1. The summed E-state index contributed by atoms with van der Waals surface area (Å²) >= 11 is 0. The molecule has 1 unspecified atom stereocenters. The first-order valence-corrected chi connectivity index (χ1v) is 7.73. The molecular weight excluding hydrogens is 319 g/mol. The van der Waals surface area contributed by atoms with Crippen LogP contribution in [0.5, 0.6) is 0 Å². The molecule has 0 bridgehead atoms. The van der Waals surface area contributed by atoms with Gasteiger partial charge in [0.15, 0.2) is 5.03 Å². The lowest BCUT2D eigenvalue weighted by Gasteiger charge is -2.22. The Bertz CT molecular complexity index is 769. The summed E-state index contributed by atoms with van der Waals surface area (Å²) in [6.45, 7) is 1.63. The van der Waals surface area contributed by atoms with Crippen molar-refractivity contribution in [2.75, 3.05) is 0 Å². The van der Waals surface area contributed by atoms with Crippen LogP contribution < -0.4 is 4.72 Å². The molecule has 1 aromatic carbocycles. The monoisotopic (exact) mass is 333 g/mol. The van der Waals surface area contributed by atoms with Crippen molar-refractivity contribution in [3.63, 3.8) is 0 Å². The minimum Gasteiger partial charge on any atom is -0.256 e. The van der Waals surface area contributed by atoms with Gasteiger partial charge in [0.05, 0.1) is 6.20 Å². The van der Waals surface area contributed by atoms with Crippen LogP contribution in [0.4, 0.5) is 13.2 Å². The maximum Gasteiger partial charge on any atom is 0.408 e. The molecule has 120 valence electrons. The molecule has 0 aliphatic rings. The zero-order valence-electron chi connectivity index (χ0n) is 11.8. The average Bonchev–Trinajstić information content (AvgIpc) is 2.82. The Hall–Kier alpha value is -1.87. The van der Waals surface area contributed by atoms with Crippen LogP contribution in [0.25, 0.3) is 0 Å². The highest BCUT2D eigenvalue weighted by molar-refractivity contribution is 7.89. The summed E-state index contributed by atoms with van der Waals surface area (Å²) in [5.74, 6) is 0. The van der Waals surface area contributed by atoms with E-state index >= 15 is 0 Å². The van der Waals surface area contributed by atoms with E-state index in [9.17, 15) is 21.6 Å². The van der Waals surface area contributed by atoms with Crippen LogP contribution in [-0.2, 0) is 17.1 Å². The average molecular weight is 333 g/mol. The number of hydrogen-bond donors (Lipinski definition) is 1. The summed E-state index contributed by atoms with van der Waals surface area (Å²) in [6.07, 6.45) is -3.57. The van der Waals surface area contributed by atoms with E-state index in [4.69, 9.17) is 0 Å². The van der Waals surface area contributed by atoms with Crippen LogP contribution >= 0.6 is 0 Å². The van der Waals surface area contributed by atoms with Gasteiger partial charge >= 0.3 is 6.18 Å². The third kappa shape index (κ3) is 3.47. The van der Waals surface area contributed by atoms with Crippen molar-refractivity contribution in [2.45, 2.75) is 24.2 Å². The molecule has 0 aliphatic carbocycles. The van der Waals surface area contributed by atoms with Crippen molar-refractivity contribution in [3.05, 3.63) is 47.7 Å². The van der Waals surface area contributed by atoms with Gasteiger partial charge in [0.1, 0.15) is 6.04 Å². The lowest BCUT2D eigenvalue weighted by molar-refractivity contribution is -0.153. The highest BCUT2D eigenvalue weighted by Gasteiger charge is 2.43. The maximum atomic E-state index is 13.3. The zero-order chi connectivity index (χ0) is 16.5. The summed E-state index contributed by atoms with van der Waals surface area (Å²) < 4.78 is 66.8. The summed E-state index contributed by atoms with van der Waals surface area (Å²) in [4.78, 5) is 0. The van der Waals surface area contributed by atoms with E-state index in [0.29, 0.717) is 5.56 Å². The molecule has 0 saturated heterocycles. The van der Waals surface area contributed by atoms with Gasteiger partial charge in [-0.15, -0.1) is 0 Å². The Morgan fingerprint density at radius 2 is 1.95 bits per heavy atom. The van der Waals surface area contributed by atoms with Gasteiger partial charge in [0.25, 0.3) is 10.0 Å². The Kier molecular flexibility index (Phi) is 4.30. The van der Waals surface area contributed by atoms with Crippen LogP contribution in [0.3, 0.4) is 0 Å². The maximum absolute atomic E-state index is 13.3. The number of benzene rings is 1. The van der Waals surface area contributed by atoms with E-state index in [1.165, 1.54) is 31.4 Å². The lowest BCUT2D eigenvalue weighted by atomic mass is 10.1. The number of halogens is 3. The van der Waals surface area contributed by atoms with Gasteiger partial charge < -0.3 is 0 Å². The van der Waals surface area contributed by atoms with E-state index in [0.717, 1.165) is 10.7 Å². The molecule has 1 heterocycles. The summed E-state index contributed by atoms with van der Waals surface area (Å²) in [6, 6.07) is 4.41. The number of hydrogen-bond acceptors (Lipinski definition) is 3. The predicted molar refractivity (Wildman–Crippen MR) is 73.5 cm³/mol. The van der Waals surface area contributed by atoms with Gasteiger partial charge in [-0.05, 0) is 18.6 Å². The molecule has 22 heavy (non-hydrogen) atoms. The van der Waals surface area contributed by atoms with E-state index in [2.05, 4.69) is 5.10 Å². The van der Waals surface area contributed by atoms with E-state index < -0.39 is 22.2 Å². The Balaban J connectivity index is 2.43. The molecule has 9 heteroatoms. The van der Waals surface area contributed by atoms with Crippen molar-refractivity contribution in [1.82, 2.24) is 14.5 Å². The van der Waals surface area contributed by atoms with Crippen molar-refractivity contribution in [2.24, 2.45) is 7.05 Å². The van der Waals surface area contributed by atoms with Gasteiger partial charge in [-0.3, -0.25) is 4.68 Å². The predicted octanol–water partition coefficient (Wildman–Crippen LogP) is 2.31. The second kappa shape index (κ2) is 5.73. The molecule has 2 aromatic rings. The van der Waals surface area contributed by atoms with Gasteiger partial charge in [-0.2, -0.15) is 23.0 Å². The quantitative estimate of drug-likeness (QED) is 0.934. The van der Waals surface area contributed by atoms with E-state index in [1.807, 2.05) is 0 Å². The van der Waals surface area contributed by atoms with Crippen LogP contribution in [0.1, 0.15) is 17.2 Å². The second-order valence-corrected chi connectivity index (χ2v) is 6.46. The number of nitrogens with zero attached hydrogens (tertiary/aromatic N) is 2. The Labute approximate surface area is 125 Å². The largest absolute Gasteiger partial charge is 0.408 e. The second-order valence-electron chi connectivity index (χ2n) is 4.80. The Morgan fingerprint density at radius 3 is 2.45 bits per heavy atom. The number of rotatable bonds is 4. The highest BCUT2D eigenvalue weighted by atomic mass is 32.2. The van der Waals surface area contributed by atoms with Gasteiger partial charge in [0, 0.05) is 7.05 Å². The molecule has 0 spiro atoms. The van der Waals surface area contributed by atoms with Gasteiger partial charge in [-0.1, -0.05) is 29.8 Å². The Morgan fingerprint density at radius 1 is 1.27 bits per heavy atom. The van der Waals surface area contributed by atoms with Crippen molar-refractivity contribution >= 4 is 10.0 Å². The van der Waals surface area contributed by atoms with Crippen LogP contribution in [0.15, 0.2) is 41.6 Å². The van der Waals surface area contributed by atoms with Crippen molar-refractivity contribution in [1.29, 1.82) is 0 Å². The summed E-state index contributed by atoms with van der Waals surface area (Å²) in [5, 5.41) is 3.32. The molecule has 0 amide bonds. The molecule has 0 saturated carbocycles. The fraction of sp³-hybridized carbons (Fsp3) is 0.308. The highest BCUT2D eigenvalue weighted by Crippen LogP contribution is 2.34. The standard InChI is InChI=1S/C13H14F3N3O2S/c1-9-4-3-5-10(8-9)12(13(14,15)16)18-22(20,21)11-6-7-17-19(11)2/h3-8,12,18H,1-2H3. The normalized spacial score (nSPS) is 14.0. The summed E-state index contributed by atoms with van der Waals surface area (Å²) in [7, 11) is -3.02. The topological polar surface area (TPSA) is 64.0 Å². The first-order valence-electron chi connectivity index (χ1n) is 6.25. The molecule has 1 aromatic heterocycles. The van der Waals surface area contributed by atoms with E-state index in [1.54, 1.807) is 17.7 Å². The molecule has 0 aliphatic heterocycles. The number of alkyl halides is 3. The molecule has 1 N–H and O–H groups in total. The van der Waals surface area contributed by atoms with Gasteiger partial charge in [0.2, 0.25) is 0 Å². The third-order valence-corrected chi connectivity index (χ3v) is 4.52. The van der Waals surface area contributed by atoms with Crippen molar-refractivity contribution < 1.29 is 21.6 Å². The number of aryl methyl sites for hydroxylation is 2. The smallest absolute Gasteiger partial charge is 0.256 e. The summed E-state index contributed by atoms with van der Waals surface area (Å²) in [5.41, 5.74) is 0.435. The minimum absolute atomic E-state index is 0.168. The molecule has 0 radical (unpaired) electrons.